The molecule has 0 aliphatic rings. The van der Waals surface area contributed by atoms with E-state index in [9.17, 15) is 4.79 Å². The zero-order valence-corrected chi connectivity index (χ0v) is 10.1. The largest absolute Gasteiger partial charge is 0.392 e. The van der Waals surface area contributed by atoms with Crippen LogP contribution in [0.1, 0.15) is 6.92 Å². The summed E-state index contributed by atoms with van der Waals surface area (Å²) < 4.78 is 0. The topological polar surface area (TPSA) is 61.4 Å². The molecule has 1 aromatic carbocycles. The van der Waals surface area contributed by atoms with Crippen LogP contribution in [0.15, 0.2) is 18.2 Å². The number of hydrogen-bond acceptors (Lipinski definition) is 2. The van der Waals surface area contributed by atoms with Gasteiger partial charge in [-0.25, -0.2) is 4.79 Å². The Bertz CT molecular complexity index is 383. The number of anilines is 1. The van der Waals surface area contributed by atoms with E-state index in [1.807, 2.05) is 0 Å². The number of benzene rings is 1. The Hall–Kier alpha value is -0.970. The number of aliphatic hydroxyl groups excluding tert-OH is 1. The summed E-state index contributed by atoms with van der Waals surface area (Å²) in [6.07, 6.45) is -0.597. The van der Waals surface area contributed by atoms with Gasteiger partial charge in [0.15, 0.2) is 0 Å². The minimum atomic E-state index is -0.597. The number of halogens is 2. The van der Waals surface area contributed by atoms with E-state index in [1.165, 1.54) is 0 Å². The van der Waals surface area contributed by atoms with Crippen molar-refractivity contribution in [3.05, 3.63) is 28.2 Å². The van der Waals surface area contributed by atoms with Gasteiger partial charge in [0.25, 0.3) is 0 Å². The fourth-order valence-corrected chi connectivity index (χ4v) is 1.34. The van der Waals surface area contributed by atoms with Crippen molar-refractivity contribution in [3.63, 3.8) is 0 Å². The van der Waals surface area contributed by atoms with Crippen molar-refractivity contribution in [3.8, 4) is 0 Å². The average molecular weight is 263 g/mol. The average Bonchev–Trinajstić information content (AvgIpc) is 2.20. The van der Waals surface area contributed by atoms with Crippen molar-refractivity contribution in [1.29, 1.82) is 0 Å². The summed E-state index contributed by atoms with van der Waals surface area (Å²) >= 11 is 11.6. The normalized spacial score (nSPS) is 12.0. The second-order valence-corrected chi connectivity index (χ2v) is 4.15. The van der Waals surface area contributed by atoms with Gasteiger partial charge in [-0.15, -0.1) is 0 Å². The van der Waals surface area contributed by atoms with E-state index in [1.54, 1.807) is 25.1 Å². The maximum atomic E-state index is 11.3. The fourth-order valence-electron chi connectivity index (χ4n) is 1.00. The Labute approximate surface area is 104 Å². The fraction of sp³-hybridized carbons (Fsp3) is 0.300. The molecular formula is C10H12Cl2N2O2. The Morgan fingerprint density at radius 3 is 2.81 bits per heavy atom. The molecule has 88 valence electrons. The highest BCUT2D eigenvalue weighted by Gasteiger charge is 2.06. The molecule has 0 aromatic heterocycles. The van der Waals surface area contributed by atoms with E-state index in [2.05, 4.69) is 10.6 Å². The standard InChI is InChI=1S/C10H12Cl2N2O2/c1-6(15)5-13-10(16)14-9-4-7(11)2-3-8(9)12/h2-4,6,15H,5H2,1H3,(H2,13,14,16)/t6-/m1/s1. The van der Waals surface area contributed by atoms with Gasteiger partial charge in [-0.3, -0.25) is 0 Å². The maximum Gasteiger partial charge on any atom is 0.319 e. The van der Waals surface area contributed by atoms with E-state index >= 15 is 0 Å². The smallest absolute Gasteiger partial charge is 0.319 e. The quantitative estimate of drug-likeness (QED) is 0.784. The Kier molecular flexibility index (Phi) is 4.86. The molecule has 1 atom stereocenters. The van der Waals surface area contributed by atoms with Gasteiger partial charge < -0.3 is 15.7 Å². The van der Waals surface area contributed by atoms with Gasteiger partial charge in [-0.2, -0.15) is 0 Å². The Morgan fingerprint density at radius 2 is 2.19 bits per heavy atom. The monoisotopic (exact) mass is 262 g/mol. The van der Waals surface area contributed by atoms with Crippen LogP contribution in [0.2, 0.25) is 10.0 Å². The molecule has 0 aliphatic heterocycles. The molecule has 0 unspecified atom stereocenters. The first-order valence-electron chi connectivity index (χ1n) is 4.67. The van der Waals surface area contributed by atoms with Crippen LogP contribution in [0.25, 0.3) is 0 Å². The Morgan fingerprint density at radius 1 is 1.50 bits per heavy atom. The molecular weight excluding hydrogens is 251 g/mol. The number of urea groups is 1. The molecule has 0 heterocycles. The second-order valence-electron chi connectivity index (χ2n) is 3.31. The number of carbonyl (C=O) groups is 1. The first-order chi connectivity index (χ1) is 7.49. The van der Waals surface area contributed by atoms with Gasteiger partial charge in [0.1, 0.15) is 0 Å². The number of amides is 2. The van der Waals surface area contributed by atoms with Crippen LogP contribution in [0.5, 0.6) is 0 Å². The minimum Gasteiger partial charge on any atom is -0.392 e. The highest BCUT2D eigenvalue weighted by Crippen LogP contribution is 2.25. The van der Waals surface area contributed by atoms with Crippen LogP contribution in [-0.4, -0.2) is 23.8 Å². The lowest BCUT2D eigenvalue weighted by atomic mass is 10.3. The molecule has 1 rings (SSSR count). The van der Waals surface area contributed by atoms with Crippen molar-refractivity contribution >= 4 is 34.9 Å². The first-order valence-corrected chi connectivity index (χ1v) is 5.42. The third-order valence-corrected chi connectivity index (χ3v) is 2.30. The van der Waals surface area contributed by atoms with Crippen LogP contribution in [-0.2, 0) is 0 Å². The molecule has 0 radical (unpaired) electrons. The summed E-state index contributed by atoms with van der Waals surface area (Å²) in [7, 11) is 0. The number of nitrogens with one attached hydrogen (secondary N) is 2. The molecule has 6 heteroatoms. The molecule has 0 saturated carbocycles. The Balaban J connectivity index is 2.59. The summed E-state index contributed by atoms with van der Waals surface area (Å²) in [6.45, 7) is 1.75. The van der Waals surface area contributed by atoms with Crippen LogP contribution in [0.4, 0.5) is 10.5 Å². The van der Waals surface area contributed by atoms with E-state index in [0.29, 0.717) is 15.7 Å². The molecule has 0 fully saturated rings. The van der Waals surface area contributed by atoms with Gasteiger partial charge >= 0.3 is 6.03 Å². The predicted molar refractivity (Wildman–Crippen MR) is 65.2 cm³/mol. The van der Waals surface area contributed by atoms with Gasteiger partial charge in [0.05, 0.1) is 16.8 Å². The maximum absolute atomic E-state index is 11.3. The van der Waals surface area contributed by atoms with Crippen LogP contribution in [0.3, 0.4) is 0 Å². The number of rotatable bonds is 3. The van der Waals surface area contributed by atoms with Gasteiger partial charge in [-0.1, -0.05) is 23.2 Å². The van der Waals surface area contributed by atoms with Crippen molar-refractivity contribution < 1.29 is 9.90 Å². The van der Waals surface area contributed by atoms with Crippen molar-refractivity contribution in [1.82, 2.24) is 5.32 Å². The third-order valence-electron chi connectivity index (χ3n) is 1.73. The van der Waals surface area contributed by atoms with Crippen LogP contribution < -0.4 is 10.6 Å². The van der Waals surface area contributed by atoms with Gasteiger partial charge in [0.2, 0.25) is 0 Å². The summed E-state index contributed by atoms with van der Waals surface area (Å²) in [5.74, 6) is 0. The molecule has 0 spiro atoms. The first kappa shape index (κ1) is 13.1. The van der Waals surface area contributed by atoms with Gasteiger partial charge in [-0.05, 0) is 25.1 Å². The summed E-state index contributed by atoms with van der Waals surface area (Å²) in [6, 6.07) is 4.33. The molecule has 0 aliphatic carbocycles. The van der Waals surface area contributed by atoms with E-state index < -0.39 is 12.1 Å². The number of carbonyl (C=O) groups excluding carboxylic acids is 1. The van der Waals surface area contributed by atoms with E-state index in [4.69, 9.17) is 28.3 Å². The molecule has 4 nitrogen and oxygen atoms in total. The molecule has 2 amide bonds. The van der Waals surface area contributed by atoms with Crippen molar-refractivity contribution in [2.75, 3.05) is 11.9 Å². The van der Waals surface area contributed by atoms with Crippen molar-refractivity contribution in [2.45, 2.75) is 13.0 Å². The molecule has 1 aromatic rings. The molecule has 0 saturated heterocycles. The summed E-state index contributed by atoms with van der Waals surface area (Å²) in [5, 5.41) is 14.9. The minimum absolute atomic E-state index is 0.171. The molecule has 0 bridgehead atoms. The molecule has 3 N–H and O–H groups in total. The lowest BCUT2D eigenvalue weighted by molar-refractivity contribution is 0.190. The third kappa shape index (κ3) is 4.26. The van der Waals surface area contributed by atoms with Crippen LogP contribution >= 0.6 is 23.2 Å². The summed E-state index contributed by atoms with van der Waals surface area (Å²) in [4.78, 5) is 11.3. The van der Waals surface area contributed by atoms with E-state index in [-0.39, 0.29) is 6.54 Å². The summed E-state index contributed by atoms with van der Waals surface area (Å²) in [5.41, 5.74) is 0.428. The molecule has 16 heavy (non-hydrogen) atoms. The zero-order chi connectivity index (χ0) is 12.1. The lowest BCUT2D eigenvalue weighted by Gasteiger charge is -2.10. The number of hydrogen-bond donors (Lipinski definition) is 3. The SMILES string of the molecule is C[C@@H](O)CNC(=O)Nc1cc(Cl)ccc1Cl. The zero-order valence-electron chi connectivity index (χ0n) is 8.63. The highest BCUT2D eigenvalue weighted by atomic mass is 35.5. The number of aliphatic hydroxyl groups is 1. The van der Waals surface area contributed by atoms with Crippen molar-refractivity contribution in [2.24, 2.45) is 0 Å². The van der Waals surface area contributed by atoms with Crippen LogP contribution in [0, 0.1) is 0 Å². The highest BCUT2D eigenvalue weighted by molar-refractivity contribution is 6.35. The van der Waals surface area contributed by atoms with Gasteiger partial charge in [0, 0.05) is 11.6 Å². The second kappa shape index (κ2) is 5.94. The predicted octanol–water partition coefficient (Wildman–Crippen LogP) is 2.50. The lowest BCUT2D eigenvalue weighted by Crippen LogP contribution is -2.34. The van der Waals surface area contributed by atoms with E-state index in [0.717, 1.165) is 0 Å².